The van der Waals surface area contributed by atoms with Gasteiger partial charge >= 0.3 is 5.97 Å². The molecule has 0 fully saturated rings. The number of aliphatic carboxylic acids is 1. The molecular weight excluding hydrogens is 386 g/mol. The van der Waals surface area contributed by atoms with Crippen molar-refractivity contribution in [2.24, 2.45) is 17.4 Å². The third-order valence-corrected chi connectivity index (χ3v) is 4.02. The molecule has 0 aliphatic heterocycles. The van der Waals surface area contributed by atoms with Crippen LogP contribution in [0.3, 0.4) is 0 Å². The van der Waals surface area contributed by atoms with E-state index in [0.717, 1.165) is 0 Å². The van der Waals surface area contributed by atoms with E-state index >= 15 is 0 Å². The number of nitrogens with one attached hydrogen (secondary N) is 3. The Labute approximate surface area is 168 Å². The lowest BCUT2D eigenvalue weighted by atomic mass is 10.0. The van der Waals surface area contributed by atoms with E-state index in [9.17, 15) is 29.1 Å². The number of aliphatic hydroxyl groups is 1. The first-order valence-electron chi connectivity index (χ1n) is 9.13. The van der Waals surface area contributed by atoms with E-state index in [4.69, 9.17) is 16.6 Å². The predicted octanol–water partition coefficient (Wildman–Crippen LogP) is -2.83. The second kappa shape index (κ2) is 12.0. The Bertz CT molecular complexity index is 621. The SMILES string of the molecule is CC(N)C(=O)NC(CCC(N)=O)C(=O)NC(C(=O)NC(C(=O)O)C(C)O)C(C)C. The molecule has 5 atom stereocenters. The van der Waals surface area contributed by atoms with Gasteiger partial charge in [-0.1, -0.05) is 13.8 Å². The number of primary amides is 1. The molecule has 0 aromatic rings. The lowest BCUT2D eigenvalue weighted by molar-refractivity contribution is -0.145. The molecule has 0 saturated heterocycles. The van der Waals surface area contributed by atoms with Gasteiger partial charge in [0.2, 0.25) is 23.6 Å². The Morgan fingerprint density at radius 3 is 1.76 bits per heavy atom. The molecule has 0 radical (unpaired) electrons. The van der Waals surface area contributed by atoms with Gasteiger partial charge in [0.1, 0.15) is 12.1 Å². The highest BCUT2D eigenvalue weighted by Gasteiger charge is 2.33. The van der Waals surface area contributed by atoms with E-state index in [0.29, 0.717) is 0 Å². The van der Waals surface area contributed by atoms with Crippen molar-refractivity contribution in [2.75, 3.05) is 0 Å². The number of hydrogen-bond acceptors (Lipinski definition) is 7. The van der Waals surface area contributed by atoms with Gasteiger partial charge < -0.3 is 37.6 Å². The quantitative estimate of drug-likeness (QED) is 0.175. The molecule has 9 N–H and O–H groups in total. The van der Waals surface area contributed by atoms with E-state index in [-0.39, 0.29) is 12.8 Å². The van der Waals surface area contributed by atoms with Crippen molar-refractivity contribution < 1.29 is 34.2 Å². The van der Waals surface area contributed by atoms with Crippen molar-refractivity contribution in [1.29, 1.82) is 0 Å². The number of aliphatic hydroxyl groups excluding tert-OH is 1. The van der Waals surface area contributed by atoms with Gasteiger partial charge in [-0.3, -0.25) is 19.2 Å². The molecule has 0 aromatic carbocycles. The average Bonchev–Trinajstić information content (AvgIpc) is 2.59. The summed E-state index contributed by atoms with van der Waals surface area (Å²) in [7, 11) is 0. The minimum Gasteiger partial charge on any atom is -0.480 e. The summed E-state index contributed by atoms with van der Waals surface area (Å²) in [6.45, 7) is 5.83. The highest BCUT2D eigenvalue weighted by atomic mass is 16.4. The van der Waals surface area contributed by atoms with E-state index in [1.54, 1.807) is 13.8 Å². The molecular formula is C17H31N5O7. The van der Waals surface area contributed by atoms with Gasteiger partial charge in [-0.25, -0.2) is 4.79 Å². The topological polar surface area (TPSA) is 214 Å². The number of hydrogen-bond donors (Lipinski definition) is 7. The number of carboxylic acid groups (broad SMARTS) is 1. The zero-order chi connectivity index (χ0) is 22.9. The third-order valence-electron chi connectivity index (χ3n) is 4.02. The maximum absolute atomic E-state index is 12.6. The number of carbonyl (C=O) groups excluding carboxylic acids is 4. The number of rotatable bonds is 12. The monoisotopic (exact) mass is 417 g/mol. The fourth-order valence-corrected chi connectivity index (χ4v) is 2.28. The number of amides is 4. The Balaban J connectivity index is 5.38. The van der Waals surface area contributed by atoms with Crippen molar-refractivity contribution in [1.82, 2.24) is 16.0 Å². The highest BCUT2D eigenvalue weighted by Crippen LogP contribution is 2.06. The normalized spacial score (nSPS) is 16.1. The van der Waals surface area contributed by atoms with E-state index in [2.05, 4.69) is 16.0 Å². The fraction of sp³-hybridized carbons (Fsp3) is 0.706. The van der Waals surface area contributed by atoms with Crippen LogP contribution in [0.2, 0.25) is 0 Å². The van der Waals surface area contributed by atoms with Crippen LogP contribution in [0.25, 0.3) is 0 Å². The molecule has 166 valence electrons. The molecule has 0 spiro atoms. The lowest BCUT2D eigenvalue weighted by Gasteiger charge is -2.27. The third kappa shape index (κ3) is 9.34. The summed E-state index contributed by atoms with van der Waals surface area (Å²) >= 11 is 0. The summed E-state index contributed by atoms with van der Waals surface area (Å²) in [4.78, 5) is 59.2. The van der Waals surface area contributed by atoms with Crippen LogP contribution in [0, 0.1) is 5.92 Å². The van der Waals surface area contributed by atoms with Crippen molar-refractivity contribution in [3.8, 4) is 0 Å². The summed E-state index contributed by atoms with van der Waals surface area (Å²) in [6, 6.07) is -4.82. The van der Waals surface area contributed by atoms with Crippen LogP contribution < -0.4 is 27.4 Å². The van der Waals surface area contributed by atoms with Gasteiger partial charge in [0.15, 0.2) is 6.04 Å². The summed E-state index contributed by atoms with van der Waals surface area (Å²) in [5, 5.41) is 25.6. The van der Waals surface area contributed by atoms with Gasteiger partial charge in [-0.2, -0.15) is 0 Å². The van der Waals surface area contributed by atoms with Crippen LogP contribution >= 0.6 is 0 Å². The highest BCUT2D eigenvalue weighted by molar-refractivity contribution is 5.94. The van der Waals surface area contributed by atoms with E-state index in [1.807, 2.05) is 0 Å². The Kier molecular flexibility index (Phi) is 10.8. The van der Waals surface area contributed by atoms with E-state index < -0.39 is 65.8 Å². The second-order valence-electron chi connectivity index (χ2n) is 7.15. The minimum absolute atomic E-state index is 0.114. The molecule has 0 aliphatic rings. The zero-order valence-corrected chi connectivity index (χ0v) is 17.0. The Hall–Kier alpha value is -2.73. The van der Waals surface area contributed by atoms with Crippen molar-refractivity contribution >= 4 is 29.6 Å². The minimum atomic E-state index is -1.57. The van der Waals surface area contributed by atoms with Crippen LogP contribution in [0.4, 0.5) is 0 Å². The first-order valence-corrected chi connectivity index (χ1v) is 9.13. The number of nitrogens with two attached hydrogens (primary N) is 2. The average molecular weight is 417 g/mol. The molecule has 0 heterocycles. The largest absolute Gasteiger partial charge is 0.480 e. The summed E-state index contributed by atoms with van der Waals surface area (Å²) in [6.07, 6.45) is -1.68. The van der Waals surface area contributed by atoms with Gasteiger partial charge in [-0.15, -0.1) is 0 Å². The van der Waals surface area contributed by atoms with Gasteiger partial charge in [0.25, 0.3) is 0 Å². The molecule has 0 rings (SSSR count). The zero-order valence-electron chi connectivity index (χ0n) is 17.0. The summed E-state index contributed by atoms with van der Waals surface area (Å²) in [5.41, 5.74) is 10.6. The molecule has 12 nitrogen and oxygen atoms in total. The summed E-state index contributed by atoms with van der Waals surface area (Å²) in [5.74, 6) is -4.81. The first kappa shape index (κ1) is 26.3. The Morgan fingerprint density at radius 2 is 1.38 bits per heavy atom. The second-order valence-corrected chi connectivity index (χ2v) is 7.15. The fourth-order valence-electron chi connectivity index (χ4n) is 2.28. The maximum atomic E-state index is 12.6. The van der Waals surface area contributed by atoms with Gasteiger partial charge in [0, 0.05) is 6.42 Å². The molecule has 0 aliphatic carbocycles. The molecule has 0 aromatic heterocycles. The molecule has 12 heteroatoms. The molecule has 29 heavy (non-hydrogen) atoms. The van der Waals surface area contributed by atoms with Crippen LogP contribution in [0.1, 0.15) is 40.5 Å². The maximum Gasteiger partial charge on any atom is 0.328 e. The van der Waals surface area contributed by atoms with Crippen LogP contribution in [-0.4, -0.2) is 70.1 Å². The standard InChI is InChI=1S/C17H31N5O7/c1-7(2)12(16(27)22-13(9(4)23)17(28)29)21-15(26)10(5-6-11(19)24)20-14(25)8(3)18/h7-10,12-13,23H,5-6,18H2,1-4H3,(H2,19,24)(H,20,25)(H,21,26)(H,22,27)(H,28,29). The van der Waals surface area contributed by atoms with Gasteiger partial charge in [-0.05, 0) is 26.2 Å². The molecule has 0 bridgehead atoms. The van der Waals surface area contributed by atoms with Crippen molar-refractivity contribution in [3.63, 3.8) is 0 Å². The van der Waals surface area contributed by atoms with Crippen LogP contribution in [0.15, 0.2) is 0 Å². The molecule has 0 saturated carbocycles. The number of carbonyl (C=O) groups is 5. The summed E-state index contributed by atoms with van der Waals surface area (Å²) < 4.78 is 0. The van der Waals surface area contributed by atoms with Gasteiger partial charge in [0.05, 0.1) is 12.1 Å². The van der Waals surface area contributed by atoms with Crippen molar-refractivity contribution in [2.45, 2.75) is 70.8 Å². The van der Waals surface area contributed by atoms with E-state index in [1.165, 1.54) is 13.8 Å². The van der Waals surface area contributed by atoms with Crippen molar-refractivity contribution in [3.05, 3.63) is 0 Å². The Morgan fingerprint density at radius 1 is 0.862 bits per heavy atom. The first-order chi connectivity index (χ1) is 13.3. The van der Waals surface area contributed by atoms with Crippen LogP contribution in [0.5, 0.6) is 0 Å². The smallest absolute Gasteiger partial charge is 0.328 e. The lowest BCUT2D eigenvalue weighted by Crippen LogP contribution is -2.59. The van der Waals surface area contributed by atoms with Crippen LogP contribution in [-0.2, 0) is 24.0 Å². The predicted molar refractivity (Wildman–Crippen MR) is 102 cm³/mol. The number of carboxylic acids is 1. The molecule has 5 unspecified atom stereocenters. The molecule has 4 amide bonds.